The molecule has 6 heteroatoms. The number of hydrogen-bond donors (Lipinski definition) is 1. The summed E-state index contributed by atoms with van der Waals surface area (Å²) in [5, 5.41) is 3.05. The molecule has 6 nitrogen and oxygen atoms in total. The van der Waals surface area contributed by atoms with Crippen molar-refractivity contribution in [1.29, 1.82) is 0 Å². The number of benzene rings is 2. The van der Waals surface area contributed by atoms with Crippen LogP contribution in [-0.4, -0.2) is 35.2 Å². The van der Waals surface area contributed by atoms with Gasteiger partial charge in [-0.2, -0.15) is 0 Å². The molecule has 0 aromatic heterocycles. The second-order valence-electron chi connectivity index (χ2n) is 9.72. The second-order valence-corrected chi connectivity index (χ2v) is 9.72. The number of fused-ring (bicyclic) bond motifs is 7. The van der Waals surface area contributed by atoms with E-state index in [1.54, 1.807) is 0 Å². The van der Waals surface area contributed by atoms with Crippen molar-refractivity contribution in [2.75, 3.05) is 16.8 Å². The molecule has 4 heterocycles. The summed E-state index contributed by atoms with van der Waals surface area (Å²) < 4.78 is 0. The zero-order valence-electron chi connectivity index (χ0n) is 18.6. The average molecular weight is 430 g/mol. The van der Waals surface area contributed by atoms with Gasteiger partial charge in [-0.3, -0.25) is 19.3 Å². The Labute approximate surface area is 187 Å². The maximum Gasteiger partial charge on any atom is 0.250 e. The van der Waals surface area contributed by atoms with Gasteiger partial charge in [0.2, 0.25) is 17.7 Å². The van der Waals surface area contributed by atoms with E-state index in [0.717, 1.165) is 53.7 Å². The van der Waals surface area contributed by atoms with Crippen molar-refractivity contribution in [3.8, 4) is 0 Å². The first-order valence-electron chi connectivity index (χ1n) is 11.6. The van der Waals surface area contributed by atoms with Gasteiger partial charge in [0.05, 0.1) is 17.5 Å². The van der Waals surface area contributed by atoms with Crippen molar-refractivity contribution in [3.05, 3.63) is 58.7 Å². The number of anilines is 2. The van der Waals surface area contributed by atoms with Gasteiger partial charge in [-0.05, 0) is 74.5 Å². The summed E-state index contributed by atoms with van der Waals surface area (Å²) in [4.78, 5) is 45.1. The Morgan fingerprint density at radius 2 is 1.78 bits per heavy atom. The minimum Gasteiger partial charge on any atom is -0.324 e. The minimum atomic E-state index is -1.10. The van der Waals surface area contributed by atoms with Crippen LogP contribution in [0, 0.1) is 25.7 Å². The molecule has 2 aromatic carbocycles. The van der Waals surface area contributed by atoms with E-state index >= 15 is 0 Å². The number of amides is 3. The Morgan fingerprint density at radius 3 is 2.50 bits per heavy atom. The molecule has 0 aliphatic carbocycles. The SMILES string of the molecule is CCc1ccc2c(c1)[C@]1(C(=O)N2)[C@@H]2C(=O)N(c3cc(C)cc(C)c3)C(=O)[C@H]2[C@H]2CCCN21. The molecule has 4 aliphatic heterocycles. The fraction of sp³-hybridized carbons (Fsp3) is 0.423. The first kappa shape index (κ1) is 19.7. The molecule has 6 rings (SSSR count). The highest BCUT2D eigenvalue weighted by atomic mass is 16.2. The molecule has 3 saturated heterocycles. The van der Waals surface area contributed by atoms with Crippen molar-refractivity contribution in [2.45, 2.75) is 51.6 Å². The highest BCUT2D eigenvalue weighted by molar-refractivity contribution is 6.25. The quantitative estimate of drug-likeness (QED) is 0.744. The molecule has 32 heavy (non-hydrogen) atoms. The predicted octanol–water partition coefficient (Wildman–Crippen LogP) is 3.30. The Balaban J connectivity index is 1.56. The van der Waals surface area contributed by atoms with Crippen LogP contribution in [0.4, 0.5) is 11.4 Å². The van der Waals surface area contributed by atoms with Crippen LogP contribution in [0.25, 0.3) is 0 Å². The number of aryl methyl sites for hydroxylation is 3. The van der Waals surface area contributed by atoms with Crippen LogP contribution in [-0.2, 0) is 26.3 Å². The van der Waals surface area contributed by atoms with E-state index < -0.39 is 17.4 Å². The molecule has 3 fully saturated rings. The van der Waals surface area contributed by atoms with Crippen molar-refractivity contribution < 1.29 is 14.4 Å². The molecular formula is C26H27N3O3. The maximum absolute atomic E-state index is 14.0. The smallest absolute Gasteiger partial charge is 0.250 e. The van der Waals surface area contributed by atoms with Crippen LogP contribution in [0.15, 0.2) is 36.4 Å². The normalized spacial score (nSPS) is 30.8. The Bertz CT molecular complexity index is 1180. The maximum atomic E-state index is 14.0. The molecule has 4 atom stereocenters. The fourth-order valence-electron chi connectivity index (χ4n) is 6.80. The molecule has 164 valence electrons. The number of nitrogens with one attached hydrogen (secondary N) is 1. The van der Waals surface area contributed by atoms with E-state index in [1.165, 1.54) is 4.90 Å². The standard InChI is InChI=1S/C26H27N3O3/c1-4-16-7-8-19-18(13-16)26(25(32)27-19)22-21(20-6-5-9-28(20)26)23(30)29(24(22)31)17-11-14(2)10-15(3)12-17/h7-8,10-13,20-22H,4-6,9H2,1-3H3,(H,27,32)/t20-,21+,22+,26-/m1/s1. The lowest BCUT2D eigenvalue weighted by atomic mass is 9.75. The number of hydrogen-bond acceptors (Lipinski definition) is 4. The van der Waals surface area contributed by atoms with Crippen LogP contribution in [0.3, 0.4) is 0 Å². The third-order valence-electron chi connectivity index (χ3n) is 7.93. The number of rotatable bonds is 2. The van der Waals surface area contributed by atoms with Gasteiger partial charge >= 0.3 is 0 Å². The van der Waals surface area contributed by atoms with Gasteiger partial charge in [0.15, 0.2) is 0 Å². The molecule has 0 bridgehead atoms. The lowest BCUT2D eigenvalue weighted by Crippen LogP contribution is -2.54. The molecular weight excluding hydrogens is 402 g/mol. The third kappa shape index (κ3) is 2.26. The second kappa shape index (κ2) is 6.51. The zero-order valence-corrected chi connectivity index (χ0v) is 18.6. The lowest BCUT2D eigenvalue weighted by Gasteiger charge is -2.36. The van der Waals surface area contributed by atoms with Gasteiger partial charge in [-0.1, -0.05) is 25.1 Å². The van der Waals surface area contributed by atoms with E-state index in [-0.39, 0.29) is 23.8 Å². The Hall–Kier alpha value is -2.99. The largest absolute Gasteiger partial charge is 0.324 e. The Kier molecular flexibility index (Phi) is 4.01. The van der Waals surface area contributed by atoms with Crippen LogP contribution >= 0.6 is 0 Å². The van der Waals surface area contributed by atoms with E-state index in [1.807, 2.05) is 44.2 Å². The molecule has 1 spiro atoms. The van der Waals surface area contributed by atoms with Gasteiger partial charge in [-0.25, -0.2) is 4.90 Å². The zero-order chi connectivity index (χ0) is 22.4. The van der Waals surface area contributed by atoms with Crippen LogP contribution in [0.5, 0.6) is 0 Å². The van der Waals surface area contributed by atoms with E-state index in [4.69, 9.17) is 0 Å². The molecule has 3 amide bonds. The number of carbonyl (C=O) groups excluding carboxylic acids is 3. The Morgan fingerprint density at radius 1 is 1.03 bits per heavy atom. The van der Waals surface area contributed by atoms with Gasteiger partial charge in [0.25, 0.3) is 0 Å². The minimum absolute atomic E-state index is 0.0886. The number of carbonyl (C=O) groups is 3. The van der Waals surface area contributed by atoms with Crippen molar-refractivity contribution in [3.63, 3.8) is 0 Å². The predicted molar refractivity (Wildman–Crippen MR) is 121 cm³/mol. The summed E-state index contributed by atoms with van der Waals surface area (Å²) in [7, 11) is 0. The summed E-state index contributed by atoms with van der Waals surface area (Å²) in [6.45, 7) is 6.75. The molecule has 0 radical (unpaired) electrons. The average Bonchev–Trinajstić information content (AvgIpc) is 3.45. The summed E-state index contributed by atoms with van der Waals surface area (Å²) in [5.74, 6) is -1.76. The summed E-state index contributed by atoms with van der Waals surface area (Å²) in [5.41, 5.74) is 4.28. The lowest BCUT2D eigenvalue weighted by molar-refractivity contribution is -0.135. The van der Waals surface area contributed by atoms with Crippen molar-refractivity contribution >= 4 is 29.1 Å². The summed E-state index contributed by atoms with van der Waals surface area (Å²) in [6.07, 6.45) is 2.60. The van der Waals surface area contributed by atoms with E-state index in [2.05, 4.69) is 23.2 Å². The van der Waals surface area contributed by atoms with Gasteiger partial charge < -0.3 is 5.32 Å². The van der Waals surface area contributed by atoms with E-state index in [9.17, 15) is 14.4 Å². The highest BCUT2D eigenvalue weighted by Gasteiger charge is 2.74. The molecule has 4 aliphatic rings. The highest BCUT2D eigenvalue weighted by Crippen LogP contribution is 2.60. The van der Waals surface area contributed by atoms with Gasteiger partial charge in [0, 0.05) is 17.3 Å². The number of nitrogens with zero attached hydrogens (tertiary/aromatic N) is 2. The molecule has 0 saturated carbocycles. The molecule has 2 aromatic rings. The van der Waals surface area contributed by atoms with Crippen LogP contribution < -0.4 is 10.2 Å². The number of imide groups is 1. The topological polar surface area (TPSA) is 69.7 Å². The first-order chi connectivity index (χ1) is 15.4. The van der Waals surface area contributed by atoms with Gasteiger partial charge in [-0.15, -0.1) is 0 Å². The van der Waals surface area contributed by atoms with Crippen LogP contribution in [0.2, 0.25) is 0 Å². The molecule has 1 N–H and O–H groups in total. The van der Waals surface area contributed by atoms with E-state index in [0.29, 0.717) is 5.69 Å². The van der Waals surface area contributed by atoms with Crippen LogP contribution in [0.1, 0.15) is 42.0 Å². The summed E-state index contributed by atoms with van der Waals surface area (Å²) >= 11 is 0. The van der Waals surface area contributed by atoms with Crippen molar-refractivity contribution in [1.82, 2.24) is 4.90 Å². The summed E-state index contributed by atoms with van der Waals surface area (Å²) in [6, 6.07) is 11.8. The molecule has 0 unspecified atom stereocenters. The fourth-order valence-corrected chi connectivity index (χ4v) is 6.80. The van der Waals surface area contributed by atoms with Gasteiger partial charge in [0.1, 0.15) is 5.54 Å². The third-order valence-corrected chi connectivity index (χ3v) is 7.93. The van der Waals surface area contributed by atoms with Crippen molar-refractivity contribution in [2.24, 2.45) is 11.8 Å². The monoisotopic (exact) mass is 429 g/mol. The first-order valence-corrected chi connectivity index (χ1v) is 11.6.